The first kappa shape index (κ1) is 17.4. The molecule has 0 heterocycles. The topological polar surface area (TPSA) is 26.3 Å². The van der Waals surface area contributed by atoms with E-state index in [0.29, 0.717) is 0 Å². The van der Waals surface area contributed by atoms with Gasteiger partial charge in [-0.15, -0.1) is 0 Å². The molecule has 3 aromatic rings. The number of fused-ring (bicyclic) bond motifs is 2. The minimum atomic E-state index is -0.675. The van der Waals surface area contributed by atoms with E-state index in [-0.39, 0.29) is 12.6 Å². The minimum absolute atomic E-state index is 0.263. The molecule has 0 aromatic heterocycles. The maximum absolute atomic E-state index is 12.0. The highest BCUT2D eigenvalue weighted by Crippen LogP contribution is 2.30. The van der Waals surface area contributed by atoms with Gasteiger partial charge in [0.25, 0.3) is 0 Å². The number of hydrogen-bond acceptors (Lipinski definition) is 2. The fraction of sp³-hybridized carbons (Fsp3) is 0.250. The lowest BCUT2D eigenvalue weighted by Crippen LogP contribution is -2.26. The molecule has 0 amide bonds. The van der Waals surface area contributed by atoms with E-state index in [1.807, 2.05) is 18.2 Å². The number of benzene rings is 3. The van der Waals surface area contributed by atoms with E-state index in [1.54, 1.807) is 13.8 Å². The van der Waals surface area contributed by atoms with Gasteiger partial charge in [0.05, 0.1) is 0 Å². The van der Waals surface area contributed by atoms with E-state index >= 15 is 0 Å². The van der Waals surface area contributed by atoms with Crippen LogP contribution >= 0.6 is 31.9 Å². The standard InChI is InChI=1S/C20H18Br2O2/c1-20(2,22)19(23)24-12-16-8-7-15(11-21)17-9-13-5-3-4-6-14(13)10-18(16)17/h3-10H,11-12H2,1-2H3. The van der Waals surface area contributed by atoms with Crippen LogP contribution in [-0.2, 0) is 21.5 Å². The third kappa shape index (κ3) is 3.50. The summed E-state index contributed by atoms with van der Waals surface area (Å²) in [4.78, 5) is 12.0. The van der Waals surface area contributed by atoms with Gasteiger partial charge in [-0.2, -0.15) is 0 Å². The molecule has 4 heteroatoms. The number of halogens is 2. The SMILES string of the molecule is CC(C)(Br)C(=O)OCc1ccc(CBr)c2cc3ccccc3cc12. The molecule has 0 saturated heterocycles. The maximum Gasteiger partial charge on any atom is 0.322 e. The lowest BCUT2D eigenvalue weighted by atomic mass is 9.97. The van der Waals surface area contributed by atoms with Gasteiger partial charge in [-0.05, 0) is 58.7 Å². The Morgan fingerprint density at radius 3 is 2.08 bits per heavy atom. The van der Waals surface area contributed by atoms with Crippen molar-refractivity contribution in [3.05, 3.63) is 59.7 Å². The fourth-order valence-electron chi connectivity index (χ4n) is 2.71. The molecule has 124 valence electrons. The zero-order chi connectivity index (χ0) is 17.3. The Balaban J connectivity index is 2.08. The first-order valence-electron chi connectivity index (χ1n) is 7.75. The van der Waals surface area contributed by atoms with E-state index in [2.05, 4.69) is 62.2 Å². The van der Waals surface area contributed by atoms with Gasteiger partial charge in [0.15, 0.2) is 0 Å². The first-order chi connectivity index (χ1) is 11.4. The van der Waals surface area contributed by atoms with Gasteiger partial charge in [-0.25, -0.2) is 0 Å². The van der Waals surface area contributed by atoms with Crippen LogP contribution in [0.25, 0.3) is 21.5 Å². The first-order valence-corrected chi connectivity index (χ1v) is 9.67. The molecule has 0 aliphatic carbocycles. The molecule has 0 aliphatic rings. The molecular formula is C20H18Br2O2. The third-order valence-corrected chi connectivity index (χ3v) is 4.98. The molecule has 0 spiro atoms. The summed E-state index contributed by atoms with van der Waals surface area (Å²) in [5.41, 5.74) is 2.25. The molecule has 2 nitrogen and oxygen atoms in total. The van der Waals surface area contributed by atoms with Crippen LogP contribution in [0.15, 0.2) is 48.5 Å². The molecule has 0 saturated carbocycles. The molecule has 0 fully saturated rings. The molecule has 3 rings (SSSR count). The summed E-state index contributed by atoms with van der Waals surface area (Å²) in [6.07, 6.45) is 0. The largest absolute Gasteiger partial charge is 0.460 e. The molecular weight excluding hydrogens is 432 g/mol. The quantitative estimate of drug-likeness (QED) is 0.273. The summed E-state index contributed by atoms with van der Waals surface area (Å²) in [5, 5.41) is 5.51. The van der Waals surface area contributed by atoms with Gasteiger partial charge in [0, 0.05) is 5.33 Å². The van der Waals surface area contributed by atoms with Crippen molar-refractivity contribution in [2.45, 2.75) is 30.1 Å². The second-order valence-corrected chi connectivity index (χ2v) is 8.85. The predicted molar refractivity (Wildman–Crippen MR) is 107 cm³/mol. The van der Waals surface area contributed by atoms with Crippen molar-refractivity contribution in [1.29, 1.82) is 0 Å². The maximum atomic E-state index is 12.0. The molecule has 0 radical (unpaired) electrons. The van der Waals surface area contributed by atoms with Crippen LogP contribution in [-0.4, -0.2) is 10.3 Å². The average Bonchev–Trinajstić information content (AvgIpc) is 2.56. The Bertz CT molecular complexity index is 911. The number of alkyl halides is 2. The van der Waals surface area contributed by atoms with Crippen LogP contribution in [0.4, 0.5) is 0 Å². The van der Waals surface area contributed by atoms with Crippen LogP contribution in [0.5, 0.6) is 0 Å². The van der Waals surface area contributed by atoms with Crippen molar-refractivity contribution < 1.29 is 9.53 Å². The van der Waals surface area contributed by atoms with Crippen molar-refractivity contribution in [2.75, 3.05) is 0 Å². The Hall–Kier alpha value is -1.39. The van der Waals surface area contributed by atoms with Crippen LogP contribution in [0, 0.1) is 0 Å². The minimum Gasteiger partial charge on any atom is -0.460 e. The zero-order valence-electron chi connectivity index (χ0n) is 13.6. The normalized spacial score (nSPS) is 11.8. The average molecular weight is 450 g/mol. The van der Waals surface area contributed by atoms with Gasteiger partial charge in [0.1, 0.15) is 10.9 Å². The van der Waals surface area contributed by atoms with Crippen molar-refractivity contribution in [2.24, 2.45) is 0 Å². The van der Waals surface area contributed by atoms with Crippen LogP contribution in [0.2, 0.25) is 0 Å². The molecule has 24 heavy (non-hydrogen) atoms. The van der Waals surface area contributed by atoms with E-state index in [4.69, 9.17) is 4.74 Å². The van der Waals surface area contributed by atoms with Crippen molar-refractivity contribution in [1.82, 2.24) is 0 Å². The second-order valence-electron chi connectivity index (χ2n) is 6.31. The highest BCUT2D eigenvalue weighted by atomic mass is 79.9. The molecule has 0 N–H and O–H groups in total. The molecule has 0 atom stereocenters. The second kappa shape index (κ2) is 6.85. The summed E-state index contributed by atoms with van der Waals surface area (Å²) in [6.45, 7) is 3.84. The number of ether oxygens (including phenoxy) is 1. The molecule has 3 aromatic carbocycles. The van der Waals surface area contributed by atoms with Crippen LogP contribution in [0.3, 0.4) is 0 Å². The van der Waals surface area contributed by atoms with Gasteiger partial charge in [-0.1, -0.05) is 68.3 Å². The highest BCUT2D eigenvalue weighted by Gasteiger charge is 2.25. The Kier molecular flexibility index (Phi) is 4.97. The fourth-order valence-corrected chi connectivity index (χ4v) is 3.31. The summed E-state index contributed by atoms with van der Waals surface area (Å²) in [7, 11) is 0. The lowest BCUT2D eigenvalue weighted by molar-refractivity contribution is -0.146. The number of rotatable bonds is 4. The van der Waals surface area contributed by atoms with Crippen LogP contribution in [0.1, 0.15) is 25.0 Å². The van der Waals surface area contributed by atoms with Crippen molar-refractivity contribution in [3.63, 3.8) is 0 Å². The number of esters is 1. The van der Waals surface area contributed by atoms with E-state index in [9.17, 15) is 4.79 Å². The van der Waals surface area contributed by atoms with Crippen LogP contribution < -0.4 is 0 Å². The molecule has 0 unspecified atom stereocenters. The monoisotopic (exact) mass is 448 g/mol. The lowest BCUT2D eigenvalue weighted by Gasteiger charge is -2.16. The summed E-state index contributed by atoms with van der Waals surface area (Å²) in [5.74, 6) is -0.263. The Morgan fingerprint density at radius 2 is 1.54 bits per heavy atom. The van der Waals surface area contributed by atoms with Gasteiger partial charge in [-0.3, -0.25) is 4.79 Å². The number of hydrogen-bond donors (Lipinski definition) is 0. The summed E-state index contributed by atoms with van der Waals surface area (Å²) in [6, 6.07) is 16.8. The zero-order valence-corrected chi connectivity index (χ0v) is 16.8. The summed E-state index contributed by atoms with van der Waals surface area (Å²) >= 11 is 6.91. The highest BCUT2D eigenvalue weighted by molar-refractivity contribution is 9.10. The van der Waals surface area contributed by atoms with E-state index < -0.39 is 4.32 Å². The van der Waals surface area contributed by atoms with Gasteiger partial charge in [0.2, 0.25) is 0 Å². The Labute approximate surface area is 158 Å². The predicted octanol–water partition coefficient (Wildman–Crippen LogP) is 6.10. The van der Waals surface area contributed by atoms with E-state index in [0.717, 1.165) is 16.3 Å². The smallest absolute Gasteiger partial charge is 0.322 e. The van der Waals surface area contributed by atoms with Crippen molar-refractivity contribution >= 4 is 59.4 Å². The Morgan fingerprint density at radius 1 is 1.00 bits per heavy atom. The molecule has 0 aliphatic heterocycles. The number of carbonyl (C=O) groups is 1. The molecule has 0 bridgehead atoms. The summed E-state index contributed by atoms with van der Waals surface area (Å²) < 4.78 is 4.81. The van der Waals surface area contributed by atoms with Gasteiger partial charge >= 0.3 is 5.97 Å². The van der Waals surface area contributed by atoms with E-state index in [1.165, 1.54) is 21.7 Å². The van der Waals surface area contributed by atoms with Crippen molar-refractivity contribution in [3.8, 4) is 0 Å². The van der Waals surface area contributed by atoms with Gasteiger partial charge < -0.3 is 4.74 Å². The third-order valence-electron chi connectivity index (χ3n) is 4.05. The number of carbonyl (C=O) groups excluding carboxylic acids is 1.